The number of ether oxygens (including phenoxy) is 2. The molecule has 21 heavy (non-hydrogen) atoms. The number of rotatable bonds is 11. The molecular formula is C15H24N2O4. The molecule has 0 saturated carbocycles. The van der Waals surface area contributed by atoms with Gasteiger partial charge in [-0.3, -0.25) is 10.1 Å². The van der Waals surface area contributed by atoms with Crippen molar-refractivity contribution in [3.8, 4) is 0 Å². The van der Waals surface area contributed by atoms with Crippen molar-refractivity contribution in [2.24, 2.45) is 0 Å². The molecule has 0 aliphatic rings. The molecule has 1 aromatic rings. The van der Waals surface area contributed by atoms with Crippen LogP contribution >= 0.6 is 0 Å². The van der Waals surface area contributed by atoms with E-state index in [4.69, 9.17) is 9.47 Å². The lowest BCUT2D eigenvalue weighted by atomic mass is 10.1. The van der Waals surface area contributed by atoms with Crippen molar-refractivity contribution >= 4 is 5.69 Å². The molecule has 0 amide bonds. The average Bonchev–Trinajstić information content (AvgIpc) is 2.47. The molecule has 0 aliphatic heterocycles. The van der Waals surface area contributed by atoms with E-state index in [0.717, 1.165) is 31.5 Å². The van der Waals surface area contributed by atoms with Crippen molar-refractivity contribution in [2.45, 2.75) is 33.0 Å². The van der Waals surface area contributed by atoms with Gasteiger partial charge in [0.2, 0.25) is 0 Å². The number of non-ortho nitro benzene ring substituents is 1. The number of hydrogen-bond acceptors (Lipinski definition) is 5. The van der Waals surface area contributed by atoms with Crippen LogP contribution in [0.15, 0.2) is 24.3 Å². The third-order valence-corrected chi connectivity index (χ3v) is 3.00. The van der Waals surface area contributed by atoms with Crippen molar-refractivity contribution in [1.82, 2.24) is 5.32 Å². The number of benzene rings is 1. The highest BCUT2D eigenvalue weighted by atomic mass is 16.7. The zero-order valence-corrected chi connectivity index (χ0v) is 12.7. The van der Waals surface area contributed by atoms with E-state index in [1.807, 2.05) is 13.8 Å². The maximum absolute atomic E-state index is 10.6. The van der Waals surface area contributed by atoms with Crippen LogP contribution in [0.25, 0.3) is 0 Å². The van der Waals surface area contributed by atoms with Crippen LogP contribution in [0.3, 0.4) is 0 Å². The van der Waals surface area contributed by atoms with E-state index < -0.39 is 0 Å². The first kappa shape index (κ1) is 17.6. The van der Waals surface area contributed by atoms with Gasteiger partial charge in [-0.05, 0) is 38.9 Å². The van der Waals surface area contributed by atoms with Gasteiger partial charge in [0, 0.05) is 31.8 Å². The van der Waals surface area contributed by atoms with Crippen LogP contribution in [0.1, 0.15) is 25.8 Å². The highest BCUT2D eigenvalue weighted by Gasteiger charge is 2.07. The quantitative estimate of drug-likeness (QED) is 0.294. The Bertz CT molecular complexity index is 403. The molecule has 0 heterocycles. The number of nitro groups is 1. The number of nitrogens with zero attached hydrogens (tertiary/aromatic N) is 1. The molecule has 0 atom stereocenters. The summed E-state index contributed by atoms with van der Waals surface area (Å²) in [5.41, 5.74) is 1.21. The molecule has 0 aliphatic carbocycles. The van der Waals surface area contributed by atoms with Crippen LogP contribution in [0.5, 0.6) is 0 Å². The van der Waals surface area contributed by atoms with Gasteiger partial charge in [-0.1, -0.05) is 12.1 Å². The maximum Gasteiger partial charge on any atom is 0.269 e. The SMILES string of the molecule is CCOC(CCNCCc1ccc([N+](=O)[O-])cc1)OCC. The van der Waals surface area contributed by atoms with Crippen LogP contribution in [-0.4, -0.2) is 37.5 Å². The molecule has 0 spiro atoms. The first-order valence-electron chi connectivity index (χ1n) is 7.34. The molecule has 1 rings (SSSR count). The number of hydrogen-bond donors (Lipinski definition) is 1. The largest absolute Gasteiger partial charge is 0.353 e. The Morgan fingerprint density at radius 1 is 1.14 bits per heavy atom. The zero-order valence-electron chi connectivity index (χ0n) is 12.7. The third kappa shape index (κ3) is 7.17. The van der Waals surface area contributed by atoms with E-state index in [0.29, 0.717) is 13.2 Å². The lowest BCUT2D eigenvalue weighted by molar-refractivity contribution is -0.384. The Morgan fingerprint density at radius 3 is 2.29 bits per heavy atom. The van der Waals surface area contributed by atoms with E-state index in [2.05, 4.69) is 5.32 Å². The molecular weight excluding hydrogens is 272 g/mol. The lowest BCUT2D eigenvalue weighted by Crippen LogP contribution is -2.26. The summed E-state index contributed by atoms with van der Waals surface area (Å²) in [6.07, 6.45) is 1.50. The van der Waals surface area contributed by atoms with Gasteiger partial charge in [0.1, 0.15) is 0 Å². The minimum atomic E-state index is -0.385. The number of nitrogens with one attached hydrogen (secondary N) is 1. The Hall–Kier alpha value is -1.50. The summed E-state index contributed by atoms with van der Waals surface area (Å²) in [7, 11) is 0. The van der Waals surface area contributed by atoms with Crippen molar-refractivity contribution in [1.29, 1.82) is 0 Å². The van der Waals surface area contributed by atoms with Gasteiger partial charge in [0.05, 0.1) is 4.92 Å². The summed E-state index contributed by atoms with van der Waals surface area (Å²) < 4.78 is 10.9. The van der Waals surface area contributed by atoms with Crippen LogP contribution in [0.4, 0.5) is 5.69 Å². The molecule has 6 nitrogen and oxygen atoms in total. The zero-order chi connectivity index (χ0) is 15.5. The van der Waals surface area contributed by atoms with Crippen LogP contribution in [-0.2, 0) is 15.9 Å². The molecule has 6 heteroatoms. The second-order valence-corrected chi connectivity index (χ2v) is 4.55. The van der Waals surface area contributed by atoms with Gasteiger partial charge in [0.25, 0.3) is 5.69 Å². The monoisotopic (exact) mass is 296 g/mol. The van der Waals surface area contributed by atoms with Gasteiger partial charge in [-0.25, -0.2) is 0 Å². The van der Waals surface area contributed by atoms with Gasteiger partial charge < -0.3 is 14.8 Å². The summed E-state index contributed by atoms with van der Waals surface area (Å²) in [5.74, 6) is 0. The maximum atomic E-state index is 10.6. The van der Waals surface area contributed by atoms with E-state index in [1.54, 1.807) is 12.1 Å². The number of nitro benzene ring substituents is 1. The first-order chi connectivity index (χ1) is 10.2. The van der Waals surface area contributed by atoms with Crippen LogP contribution in [0.2, 0.25) is 0 Å². The van der Waals surface area contributed by atoms with E-state index >= 15 is 0 Å². The first-order valence-corrected chi connectivity index (χ1v) is 7.34. The molecule has 0 saturated heterocycles. The minimum absolute atomic E-state index is 0.128. The summed E-state index contributed by atoms with van der Waals surface area (Å²) in [5, 5.41) is 13.9. The topological polar surface area (TPSA) is 73.6 Å². The van der Waals surface area contributed by atoms with E-state index in [-0.39, 0.29) is 16.9 Å². The molecule has 0 aromatic heterocycles. The predicted molar refractivity (Wildman–Crippen MR) is 81.3 cm³/mol. The molecule has 1 aromatic carbocycles. The van der Waals surface area contributed by atoms with Gasteiger partial charge in [-0.2, -0.15) is 0 Å². The Kier molecular flexibility index (Phi) is 8.57. The Morgan fingerprint density at radius 2 is 1.76 bits per heavy atom. The summed E-state index contributed by atoms with van der Waals surface area (Å²) in [4.78, 5) is 10.2. The second-order valence-electron chi connectivity index (χ2n) is 4.55. The standard InChI is InChI=1S/C15H24N2O4/c1-3-20-15(21-4-2)10-12-16-11-9-13-5-7-14(8-6-13)17(18)19/h5-8,15-16H,3-4,9-12H2,1-2H3. The molecule has 0 radical (unpaired) electrons. The second kappa shape index (κ2) is 10.3. The van der Waals surface area contributed by atoms with Crippen LogP contribution < -0.4 is 5.32 Å². The normalized spacial score (nSPS) is 11.0. The predicted octanol–water partition coefficient (Wildman–Crippen LogP) is 2.52. The van der Waals surface area contributed by atoms with Gasteiger partial charge in [0.15, 0.2) is 6.29 Å². The fraction of sp³-hybridized carbons (Fsp3) is 0.600. The third-order valence-electron chi connectivity index (χ3n) is 3.00. The van der Waals surface area contributed by atoms with E-state index in [1.165, 1.54) is 12.1 Å². The smallest absolute Gasteiger partial charge is 0.269 e. The highest BCUT2D eigenvalue weighted by Crippen LogP contribution is 2.11. The average molecular weight is 296 g/mol. The van der Waals surface area contributed by atoms with E-state index in [9.17, 15) is 10.1 Å². The Labute approximate surface area is 125 Å². The molecule has 1 N–H and O–H groups in total. The highest BCUT2D eigenvalue weighted by molar-refractivity contribution is 5.32. The lowest BCUT2D eigenvalue weighted by Gasteiger charge is -2.16. The minimum Gasteiger partial charge on any atom is -0.353 e. The fourth-order valence-corrected chi connectivity index (χ4v) is 1.95. The van der Waals surface area contributed by atoms with Crippen molar-refractivity contribution in [3.05, 3.63) is 39.9 Å². The fourth-order valence-electron chi connectivity index (χ4n) is 1.95. The van der Waals surface area contributed by atoms with Crippen molar-refractivity contribution in [3.63, 3.8) is 0 Å². The Balaban J connectivity index is 2.19. The summed E-state index contributed by atoms with van der Waals surface area (Å²) in [6.45, 7) is 6.84. The molecule has 0 bridgehead atoms. The van der Waals surface area contributed by atoms with Crippen molar-refractivity contribution in [2.75, 3.05) is 26.3 Å². The molecule has 118 valence electrons. The van der Waals surface area contributed by atoms with Crippen molar-refractivity contribution < 1.29 is 14.4 Å². The molecule has 0 fully saturated rings. The summed E-state index contributed by atoms with van der Waals surface area (Å²) in [6, 6.07) is 6.66. The summed E-state index contributed by atoms with van der Waals surface area (Å²) >= 11 is 0. The molecule has 0 unspecified atom stereocenters. The van der Waals surface area contributed by atoms with Gasteiger partial charge >= 0.3 is 0 Å². The van der Waals surface area contributed by atoms with Gasteiger partial charge in [-0.15, -0.1) is 0 Å². The van der Waals surface area contributed by atoms with Crippen LogP contribution in [0, 0.1) is 10.1 Å².